The van der Waals surface area contributed by atoms with Gasteiger partial charge < -0.3 is 15.2 Å². The van der Waals surface area contributed by atoms with Crippen LogP contribution in [0.15, 0.2) is 12.4 Å². The average molecular weight is 265 g/mol. The third-order valence-electron chi connectivity index (χ3n) is 4.23. The zero-order chi connectivity index (χ0) is 13.7. The summed E-state index contributed by atoms with van der Waals surface area (Å²) in [7, 11) is 1.85. The maximum Gasteiger partial charge on any atom is 0.315 e. The summed E-state index contributed by atoms with van der Waals surface area (Å²) in [4.78, 5) is 12.3. The molecule has 2 saturated heterocycles. The van der Waals surface area contributed by atoms with E-state index in [0.29, 0.717) is 26.0 Å². The maximum absolute atomic E-state index is 12.3. The molecule has 0 aromatic carbocycles. The van der Waals surface area contributed by atoms with Crippen LogP contribution in [0.5, 0.6) is 0 Å². The number of carbonyl (C=O) groups is 1. The van der Waals surface area contributed by atoms with Crippen LogP contribution in [0.2, 0.25) is 0 Å². The third-order valence-corrected chi connectivity index (χ3v) is 4.23. The maximum atomic E-state index is 12.3. The van der Waals surface area contributed by atoms with E-state index in [-0.39, 0.29) is 17.7 Å². The molecule has 2 bridgehead atoms. The summed E-state index contributed by atoms with van der Waals surface area (Å²) in [6, 6.07) is 0. The van der Waals surface area contributed by atoms with E-state index in [1.54, 1.807) is 10.9 Å². The molecule has 0 radical (unpaired) electrons. The van der Waals surface area contributed by atoms with Crippen molar-refractivity contribution in [3.05, 3.63) is 18.0 Å². The molecule has 3 aliphatic rings. The Labute approximate surface area is 111 Å². The van der Waals surface area contributed by atoms with Crippen LogP contribution in [0.1, 0.15) is 31.4 Å². The molecule has 1 aromatic rings. The zero-order valence-corrected chi connectivity index (χ0v) is 11.3. The van der Waals surface area contributed by atoms with E-state index in [1.807, 2.05) is 20.2 Å². The van der Waals surface area contributed by atoms with Crippen LogP contribution in [0.3, 0.4) is 0 Å². The molecule has 3 heterocycles. The highest BCUT2D eigenvalue weighted by Gasteiger charge is 2.72. The summed E-state index contributed by atoms with van der Waals surface area (Å²) in [6.07, 6.45) is 4.64. The summed E-state index contributed by atoms with van der Waals surface area (Å²) >= 11 is 0. The molecule has 6 nitrogen and oxygen atoms in total. The number of hydrogen-bond acceptors (Lipinski definition) is 5. The fraction of sp³-hybridized carbons (Fsp3) is 0.692. The zero-order valence-electron chi connectivity index (χ0n) is 11.3. The van der Waals surface area contributed by atoms with Gasteiger partial charge in [0.15, 0.2) is 0 Å². The lowest BCUT2D eigenvalue weighted by atomic mass is 9.59. The van der Waals surface area contributed by atoms with Crippen molar-refractivity contribution < 1.29 is 14.3 Å². The highest BCUT2D eigenvalue weighted by Crippen LogP contribution is 2.67. The quantitative estimate of drug-likeness (QED) is 0.803. The van der Waals surface area contributed by atoms with Crippen molar-refractivity contribution in [2.45, 2.75) is 31.5 Å². The Morgan fingerprint density at radius 3 is 2.95 bits per heavy atom. The number of esters is 1. The van der Waals surface area contributed by atoms with Gasteiger partial charge >= 0.3 is 5.97 Å². The number of fused-ring (bicyclic) bond motifs is 1. The van der Waals surface area contributed by atoms with E-state index in [1.165, 1.54) is 0 Å². The number of nitrogens with zero attached hydrogens (tertiary/aromatic N) is 2. The predicted octanol–water partition coefficient (Wildman–Crippen LogP) is 0.532. The Bertz CT molecular complexity index is 505. The van der Waals surface area contributed by atoms with Crippen LogP contribution in [0.4, 0.5) is 0 Å². The van der Waals surface area contributed by atoms with Crippen LogP contribution in [-0.4, -0.2) is 34.5 Å². The Morgan fingerprint density at radius 1 is 1.68 bits per heavy atom. The first-order valence-electron chi connectivity index (χ1n) is 6.59. The Balaban J connectivity index is 1.92. The van der Waals surface area contributed by atoms with Crippen molar-refractivity contribution >= 4 is 5.97 Å². The number of aromatic nitrogens is 2. The molecule has 1 aromatic heterocycles. The molecule has 1 saturated carbocycles. The molecule has 19 heavy (non-hydrogen) atoms. The molecule has 1 atom stereocenters. The standard InChI is InChI=1S/C13H19N3O3/c1-3-18-11(17)13-6-12(7-13,8-14)19-10(13)9-4-15-16(2)5-9/h4-5,10H,3,6-8,14H2,1-2H3. The van der Waals surface area contributed by atoms with Gasteiger partial charge in [-0.3, -0.25) is 9.48 Å². The van der Waals surface area contributed by atoms with Crippen molar-refractivity contribution in [1.29, 1.82) is 0 Å². The SMILES string of the molecule is CCOC(=O)C12CC(CN)(C1)OC2c1cnn(C)c1. The second-order valence-electron chi connectivity index (χ2n) is 5.56. The van der Waals surface area contributed by atoms with Crippen molar-refractivity contribution in [3.63, 3.8) is 0 Å². The van der Waals surface area contributed by atoms with Crippen LogP contribution in [0, 0.1) is 5.41 Å². The molecule has 1 aliphatic carbocycles. The summed E-state index contributed by atoms with van der Waals surface area (Å²) < 4.78 is 13.0. The Kier molecular flexibility index (Phi) is 2.69. The lowest BCUT2D eigenvalue weighted by molar-refractivity contribution is -0.161. The molecule has 2 N–H and O–H groups in total. The molecule has 6 heteroatoms. The molecule has 3 fully saturated rings. The Morgan fingerprint density at radius 2 is 2.42 bits per heavy atom. The van der Waals surface area contributed by atoms with Gasteiger partial charge in [-0.1, -0.05) is 0 Å². The number of carbonyl (C=O) groups excluding carboxylic acids is 1. The second kappa shape index (κ2) is 4.05. The summed E-state index contributed by atoms with van der Waals surface area (Å²) in [5.41, 5.74) is 5.78. The molecule has 2 aliphatic heterocycles. The second-order valence-corrected chi connectivity index (χ2v) is 5.56. The van der Waals surface area contributed by atoms with E-state index >= 15 is 0 Å². The van der Waals surface area contributed by atoms with Gasteiger partial charge in [0.05, 0.1) is 18.4 Å². The van der Waals surface area contributed by atoms with Gasteiger partial charge in [-0.15, -0.1) is 0 Å². The Hall–Kier alpha value is -1.40. The number of aryl methyl sites for hydroxylation is 1. The van der Waals surface area contributed by atoms with Gasteiger partial charge in [0.25, 0.3) is 0 Å². The lowest BCUT2D eigenvalue weighted by Crippen LogP contribution is -2.53. The van der Waals surface area contributed by atoms with Gasteiger partial charge in [-0.25, -0.2) is 0 Å². The smallest absolute Gasteiger partial charge is 0.315 e. The number of rotatable bonds is 4. The predicted molar refractivity (Wildman–Crippen MR) is 67.1 cm³/mol. The summed E-state index contributed by atoms with van der Waals surface area (Å²) in [5, 5.41) is 4.15. The topological polar surface area (TPSA) is 79.4 Å². The molecule has 4 rings (SSSR count). The number of hydrogen-bond donors (Lipinski definition) is 1. The van der Waals surface area contributed by atoms with Crippen molar-refractivity contribution in [2.75, 3.05) is 13.2 Å². The highest BCUT2D eigenvalue weighted by molar-refractivity contribution is 5.81. The van der Waals surface area contributed by atoms with Gasteiger partial charge in [-0.2, -0.15) is 5.10 Å². The monoisotopic (exact) mass is 265 g/mol. The fourth-order valence-electron chi connectivity index (χ4n) is 3.41. The van der Waals surface area contributed by atoms with E-state index < -0.39 is 5.41 Å². The fourth-order valence-corrected chi connectivity index (χ4v) is 3.41. The van der Waals surface area contributed by atoms with Crippen molar-refractivity contribution in [2.24, 2.45) is 18.2 Å². The highest BCUT2D eigenvalue weighted by atomic mass is 16.6. The van der Waals surface area contributed by atoms with Gasteiger partial charge in [0.1, 0.15) is 11.5 Å². The first kappa shape index (κ1) is 12.6. The first-order valence-corrected chi connectivity index (χ1v) is 6.59. The summed E-state index contributed by atoms with van der Waals surface area (Å²) in [5.74, 6) is -0.176. The van der Waals surface area contributed by atoms with Crippen molar-refractivity contribution in [3.8, 4) is 0 Å². The minimum absolute atomic E-state index is 0.176. The molecular formula is C13H19N3O3. The van der Waals surface area contributed by atoms with Crippen LogP contribution >= 0.6 is 0 Å². The van der Waals surface area contributed by atoms with E-state index in [2.05, 4.69) is 5.10 Å². The van der Waals surface area contributed by atoms with Crippen LogP contribution < -0.4 is 5.73 Å². The molecule has 1 unspecified atom stereocenters. The number of nitrogens with two attached hydrogens (primary N) is 1. The first-order chi connectivity index (χ1) is 9.05. The van der Waals surface area contributed by atoms with E-state index in [9.17, 15) is 4.79 Å². The van der Waals surface area contributed by atoms with Crippen molar-refractivity contribution in [1.82, 2.24) is 9.78 Å². The normalized spacial score (nSPS) is 36.1. The number of ether oxygens (including phenoxy) is 2. The molecular weight excluding hydrogens is 246 g/mol. The van der Waals surface area contributed by atoms with Gasteiger partial charge in [0.2, 0.25) is 0 Å². The minimum atomic E-state index is -0.571. The molecule has 0 amide bonds. The third kappa shape index (κ3) is 1.63. The lowest BCUT2D eigenvalue weighted by Gasteiger charge is -2.42. The van der Waals surface area contributed by atoms with Crippen LogP contribution in [-0.2, 0) is 21.3 Å². The minimum Gasteiger partial charge on any atom is -0.465 e. The molecule has 104 valence electrons. The largest absolute Gasteiger partial charge is 0.465 e. The molecule has 0 spiro atoms. The average Bonchev–Trinajstić information content (AvgIpc) is 2.98. The van der Waals surface area contributed by atoms with Gasteiger partial charge in [-0.05, 0) is 19.8 Å². The van der Waals surface area contributed by atoms with Gasteiger partial charge in [0, 0.05) is 25.4 Å². The van der Waals surface area contributed by atoms with E-state index in [0.717, 1.165) is 5.56 Å². The van der Waals surface area contributed by atoms with Crippen LogP contribution in [0.25, 0.3) is 0 Å². The summed E-state index contributed by atoms with van der Waals surface area (Å²) in [6.45, 7) is 2.64. The van der Waals surface area contributed by atoms with E-state index in [4.69, 9.17) is 15.2 Å².